The second kappa shape index (κ2) is 7.94. The number of oxazole rings is 1. The van der Waals surface area contributed by atoms with E-state index >= 15 is 0 Å². The molecule has 0 spiro atoms. The number of aromatic nitrogens is 1. The van der Waals surface area contributed by atoms with Crippen LogP contribution in [-0.2, 0) is 11.3 Å². The van der Waals surface area contributed by atoms with E-state index in [1.165, 1.54) is 30.2 Å². The number of rotatable bonds is 5. The summed E-state index contributed by atoms with van der Waals surface area (Å²) in [6, 6.07) is 11.8. The van der Waals surface area contributed by atoms with E-state index in [9.17, 15) is 19.3 Å². The molecular formula is C21H18FN3O5. The average molecular weight is 411 g/mol. The van der Waals surface area contributed by atoms with E-state index in [1.807, 2.05) is 30.3 Å². The summed E-state index contributed by atoms with van der Waals surface area (Å²) in [7, 11) is 0. The Morgan fingerprint density at radius 1 is 1.33 bits per heavy atom. The first kappa shape index (κ1) is 19.6. The second-order valence-electron chi connectivity index (χ2n) is 7.07. The fourth-order valence-corrected chi connectivity index (χ4v) is 3.20. The summed E-state index contributed by atoms with van der Waals surface area (Å²) in [6.07, 6.45) is 0.914. The van der Waals surface area contributed by atoms with Gasteiger partial charge in [-0.2, -0.15) is 0 Å². The normalized spacial score (nSPS) is 13.7. The van der Waals surface area contributed by atoms with Gasteiger partial charge < -0.3 is 14.1 Å². The van der Waals surface area contributed by atoms with Crippen molar-refractivity contribution in [1.82, 2.24) is 9.88 Å². The van der Waals surface area contributed by atoms with Gasteiger partial charge in [0.2, 0.25) is 5.89 Å². The molecule has 0 bridgehead atoms. The minimum Gasteiger partial charge on any atom is -0.448 e. The number of ether oxygens (including phenoxy) is 1. The summed E-state index contributed by atoms with van der Waals surface area (Å²) >= 11 is 0. The van der Waals surface area contributed by atoms with Crippen molar-refractivity contribution in [3.8, 4) is 11.3 Å². The summed E-state index contributed by atoms with van der Waals surface area (Å²) < 4.78 is 24.8. The van der Waals surface area contributed by atoms with E-state index in [0.29, 0.717) is 24.7 Å². The molecule has 4 rings (SSSR count). The Hall–Kier alpha value is -3.75. The number of carbonyl (C=O) groups is 1. The molecule has 2 heterocycles. The molecule has 9 heteroatoms. The van der Waals surface area contributed by atoms with Crippen LogP contribution in [0.2, 0.25) is 0 Å². The Kier molecular flexibility index (Phi) is 5.18. The Morgan fingerprint density at radius 3 is 2.77 bits per heavy atom. The number of nitrogens with zero attached hydrogens (tertiary/aromatic N) is 3. The maximum Gasteiger partial charge on any atom is 0.410 e. The van der Waals surface area contributed by atoms with Gasteiger partial charge in [0.05, 0.1) is 16.4 Å². The molecule has 8 nitrogen and oxygen atoms in total. The smallest absolute Gasteiger partial charge is 0.410 e. The van der Waals surface area contributed by atoms with Crippen molar-refractivity contribution >= 4 is 11.8 Å². The van der Waals surface area contributed by atoms with E-state index in [0.717, 1.165) is 5.56 Å². The third kappa shape index (κ3) is 3.86. The highest BCUT2D eigenvalue weighted by atomic mass is 19.1. The summed E-state index contributed by atoms with van der Waals surface area (Å²) in [5, 5.41) is 11.1. The molecule has 0 N–H and O–H groups in total. The fraction of sp³-hybridized carbons (Fsp3) is 0.238. The van der Waals surface area contributed by atoms with Crippen LogP contribution >= 0.6 is 0 Å². The van der Waals surface area contributed by atoms with Crippen molar-refractivity contribution in [1.29, 1.82) is 0 Å². The molecule has 30 heavy (non-hydrogen) atoms. The van der Waals surface area contributed by atoms with Gasteiger partial charge in [0.25, 0.3) is 5.69 Å². The number of nitro benzene ring substituents is 1. The van der Waals surface area contributed by atoms with Crippen molar-refractivity contribution in [3.05, 3.63) is 81.7 Å². The van der Waals surface area contributed by atoms with Crippen LogP contribution in [0.25, 0.3) is 11.3 Å². The van der Waals surface area contributed by atoms with E-state index in [1.54, 1.807) is 0 Å². The predicted molar refractivity (Wildman–Crippen MR) is 104 cm³/mol. The van der Waals surface area contributed by atoms with Gasteiger partial charge in [-0.1, -0.05) is 30.3 Å². The minimum atomic E-state index is -0.681. The van der Waals surface area contributed by atoms with Crippen LogP contribution in [0.1, 0.15) is 22.9 Å². The van der Waals surface area contributed by atoms with Gasteiger partial charge in [0.15, 0.2) is 0 Å². The Bertz CT molecular complexity index is 1090. The van der Waals surface area contributed by atoms with Crippen LogP contribution in [-0.4, -0.2) is 34.0 Å². The molecule has 0 atom stereocenters. The molecule has 154 valence electrons. The Morgan fingerprint density at radius 2 is 2.07 bits per heavy atom. The van der Waals surface area contributed by atoms with Crippen LogP contribution in [0.15, 0.2) is 53.1 Å². The first-order valence-corrected chi connectivity index (χ1v) is 9.28. The summed E-state index contributed by atoms with van der Waals surface area (Å²) in [5.74, 6) is -0.409. The van der Waals surface area contributed by atoms with Gasteiger partial charge in [-0.05, 0) is 18.6 Å². The SMILES string of the molecule is Cc1c(F)cc(-c2coc(C3CN(C(=O)OCc4ccccc4)C3)n2)cc1[N+](=O)[O-]. The summed E-state index contributed by atoms with van der Waals surface area (Å²) in [5.41, 5.74) is 1.12. The lowest BCUT2D eigenvalue weighted by Gasteiger charge is -2.36. The highest BCUT2D eigenvalue weighted by molar-refractivity contribution is 5.69. The highest BCUT2D eigenvalue weighted by Gasteiger charge is 2.36. The van der Waals surface area contributed by atoms with E-state index < -0.39 is 16.8 Å². The largest absolute Gasteiger partial charge is 0.448 e. The maximum atomic E-state index is 14.0. The van der Waals surface area contributed by atoms with Crippen molar-refractivity contribution in [3.63, 3.8) is 0 Å². The zero-order chi connectivity index (χ0) is 21.3. The standard InChI is InChI=1S/C21H18FN3O5/c1-13-17(22)7-15(8-19(13)25(27)28)18-12-29-20(23-18)16-9-24(10-16)21(26)30-11-14-5-3-2-4-6-14/h2-8,12,16H,9-11H2,1H3. The van der Waals surface area contributed by atoms with Gasteiger partial charge >= 0.3 is 6.09 Å². The number of benzene rings is 2. The van der Waals surface area contributed by atoms with Crippen molar-refractivity contribution in [2.24, 2.45) is 0 Å². The monoisotopic (exact) mass is 411 g/mol. The molecule has 1 fully saturated rings. The molecule has 1 aliphatic rings. The van der Waals surface area contributed by atoms with Crippen molar-refractivity contribution < 1.29 is 23.3 Å². The molecule has 0 aliphatic carbocycles. The average Bonchev–Trinajstić information content (AvgIpc) is 3.17. The zero-order valence-corrected chi connectivity index (χ0v) is 16.1. The van der Waals surface area contributed by atoms with Crippen molar-refractivity contribution in [2.45, 2.75) is 19.4 Å². The van der Waals surface area contributed by atoms with Gasteiger partial charge in [0, 0.05) is 24.7 Å². The zero-order valence-electron chi connectivity index (χ0n) is 16.1. The lowest BCUT2D eigenvalue weighted by atomic mass is 10.0. The van der Waals surface area contributed by atoms with Crippen LogP contribution in [0.3, 0.4) is 0 Å². The first-order chi connectivity index (χ1) is 14.4. The van der Waals surface area contributed by atoms with E-state index in [-0.39, 0.29) is 29.3 Å². The van der Waals surface area contributed by atoms with Gasteiger partial charge in [-0.25, -0.2) is 14.2 Å². The van der Waals surface area contributed by atoms with E-state index in [4.69, 9.17) is 9.15 Å². The number of halogens is 1. The number of amides is 1. The Labute approximate surface area is 171 Å². The fourth-order valence-electron chi connectivity index (χ4n) is 3.20. The lowest BCUT2D eigenvalue weighted by molar-refractivity contribution is -0.385. The topological polar surface area (TPSA) is 98.7 Å². The highest BCUT2D eigenvalue weighted by Crippen LogP contribution is 2.32. The van der Waals surface area contributed by atoms with Crippen molar-refractivity contribution in [2.75, 3.05) is 13.1 Å². The summed E-state index contributed by atoms with van der Waals surface area (Å²) in [4.78, 5) is 28.5. The molecule has 1 aliphatic heterocycles. The molecule has 0 saturated carbocycles. The molecular weight excluding hydrogens is 393 g/mol. The van der Waals surface area contributed by atoms with E-state index in [2.05, 4.69) is 4.98 Å². The molecule has 3 aromatic rings. The number of hydrogen-bond acceptors (Lipinski definition) is 6. The molecule has 0 unspecified atom stereocenters. The second-order valence-corrected chi connectivity index (χ2v) is 7.07. The van der Waals surface area contributed by atoms with Crippen LogP contribution in [0, 0.1) is 22.9 Å². The Balaban J connectivity index is 1.38. The molecule has 0 radical (unpaired) electrons. The molecule has 2 aromatic carbocycles. The van der Waals surface area contributed by atoms with Crippen LogP contribution in [0.5, 0.6) is 0 Å². The van der Waals surface area contributed by atoms with Gasteiger partial charge in [-0.3, -0.25) is 10.1 Å². The lowest BCUT2D eigenvalue weighted by Crippen LogP contribution is -2.48. The predicted octanol–water partition coefficient (Wildman–Crippen LogP) is 4.43. The quantitative estimate of drug-likeness (QED) is 0.455. The third-order valence-corrected chi connectivity index (χ3v) is 5.03. The van der Waals surface area contributed by atoms with Crippen LogP contribution in [0.4, 0.5) is 14.9 Å². The molecule has 1 amide bonds. The van der Waals surface area contributed by atoms with Gasteiger partial charge in [-0.15, -0.1) is 0 Å². The third-order valence-electron chi connectivity index (χ3n) is 5.03. The molecule has 1 aromatic heterocycles. The number of carbonyl (C=O) groups excluding carboxylic acids is 1. The van der Waals surface area contributed by atoms with Gasteiger partial charge in [0.1, 0.15) is 24.4 Å². The first-order valence-electron chi connectivity index (χ1n) is 9.28. The molecule has 1 saturated heterocycles. The minimum absolute atomic E-state index is 0.0314. The maximum absolute atomic E-state index is 14.0. The summed E-state index contributed by atoms with van der Waals surface area (Å²) in [6.45, 7) is 2.32. The van der Waals surface area contributed by atoms with Crippen LogP contribution < -0.4 is 0 Å². The number of hydrogen-bond donors (Lipinski definition) is 0. The number of nitro groups is 1. The number of likely N-dealkylation sites (tertiary alicyclic amines) is 1.